The molecule has 0 saturated carbocycles. The third kappa shape index (κ3) is 4.69. The summed E-state index contributed by atoms with van der Waals surface area (Å²) in [5.74, 6) is 0.421. The molecule has 0 spiro atoms. The van der Waals surface area contributed by atoms with Gasteiger partial charge in [0.05, 0.1) is 16.9 Å². The van der Waals surface area contributed by atoms with Crippen molar-refractivity contribution in [1.82, 2.24) is 4.98 Å². The highest BCUT2D eigenvalue weighted by Gasteiger charge is 2.33. The van der Waals surface area contributed by atoms with E-state index < -0.39 is 17.8 Å². The molecule has 0 saturated heterocycles. The number of para-hydroxylation sites is 1. The van der Waals surface area contributed by atoms with E-state index in [0.717, 1.165) is 11.6 Å². The van der Waals surface area contributed by atoms with Crippen LogP contribution in [0.15, 0.2) is 53.9 Å². The summed E-state index contributed by atoms with van der Waals surface area (Å²) >= 11 is 1.20. The standard InChI is InChI=1S/C20H18F3N3OS/c1-12(2)13-7-9-14(10-8-13)17-11-28-19(25-17)26-18(27)24-16-6-4-3-5-15(16)20(21,22)23/h3-12H,1-2H3,(H2,24,25,26,27). The Hall–Kier alpha value is -2.87. The van der Waals surface area contributed by atoms with Crippen molar-refractivity contribution in [2.45, 2.75) is 25.9 Å². The number of nitrogens with one attached hydrogen (secondary N) is 2. The minimum Gasteiger partial charge on any atom is -0.307 e. The van der Waals surface area contributed by atoms with Gasteiger partial charge in [-0.25, -0.2) is 9.78 Å². The Kier molecular flexibility index (Phi) is 5.69. The molecule has 1 heterocycles. The molecule has 1 aromatic heterocycles. The van der Waals surface area contributed by atoms with E-state index >= 15 is 0 Å². The molecule has 8 heteroatoms. The fourth-order valence-corrected chi connectivity index (χ4v) is 3.31. The third-order valence-corrected chi connectivity index (χ3v) is 4.84. The lowest BCUT2D eigenvalue weighted by molar-refractivity contribution is -0.136. The zero-order valence-corrected chi connectivity index (χ0v) is 16.0. The average Bonchev–Trinajstić information content (AvgIpc) is 3.09. The maximum absolute atomic E-state index is 13.0. The van der Waals surface area contributed by atoms with Crippen LogP contribution in [0.4, 0.5) is 28.8 Å². The summed E-state index contributed by atoms with van der Waals surface area (Å²) in [6, 6.07) is 12.0. The number of carbonyl (C=O) groups is 1. The summed E-state index contributed by atoms with van der Waals surface area (Å²) in [5.41, 5.74) is 1.58. The number of carbonyl (C=O) groups excluding carboxylic acids is 1. The van der Waals surface area contributed by atoms with E-state index in [-0.39, 0.29) is 5.69 Å². The fourth-order valence-electron chi connectivity index (χ4n) is 2.59. The quantitative estimate of drug-likeness (QED) is 0.514. The molecule has 146 valence electrons. The first-order valence-electron chi connectivity index (χ1n) is 8.54. The first-order chi connectivity index (χ1) is 13.2. The van der Waals surface area contributed by atoms with E-state index in [1.54, 1.807) is 5.38 Å². The normalized spacial score (nSPS) is 11.5. The highest BCUT2D eigenvalue weighted by atomic mass is 32.1. The van der Waals surface area contributed by atoms with E-state index in [1.165, 1.54) is 35.1 Å². The van der Waals surface area contributed by atoms with Crippen LogP contribution in [-0.2, 0) is 6.18 Å². The van der Waals surface area contributed by atoms with E-state index in [4.69, 9.17) is 0 Å². The number of urea groups is 1. The summed E-state index contributed by atoms with van der Waals surface area (Å²) in [6.07, 6.45) is -4.56. The minimum atomic E-state index is -4.56. The van der Waals surface area contributed by atoms with Crippen LogP contribution in [0.5, 0.6) is 0 Å². The summed E-state index contributed by atoms with van der Waals surface area (Å²) in [5, 5.41) is 6.79. The van der Waals surface area contributed by atoms with Gasteiger partial charge in [-0.3, -0.25) is 5.32 Å². The lowest BCUT2D eigenvalue weighted by Crippen LogP contribution is -2.21. The van der Waals surface area contributed by atoms with Crippen LogP contribution in [-0.4, -0.2) is 11.0 Å². The van der Waals surface area contributed by atoms with Crippen molar-refractivity contribution >= 4 is 28.2 Å². The van der Waals surface area contributed by atoms with Crippen molar-refractivity contribution in [3.8, 4) is 11.3 Å². The number of hydrogen-bond acceptors (Lipinski definition) is 3. The monoisotopic (exact) mass is 405 g/mol. The van der Waals surface area contributed by atoms with Crippen molar-refractivity contribution in [1.29, 1.82) is 0 Å². The summed E-state index contributed by atoms with van der Waals surface area (Å²) in [7, 11) is 0. The lowest BCUT2D eigenvalue weighted by Gasteiger charge is -2.13. The van der Waals surface area contributed by atoms with Gasteiger partial charge in [-0.1, -0.05) is 50.2 Å². The smallest absolute Gasteiger partial charge is 0.307 e. The Morgan fingerprint density at radius 1 is 1.04 bits per heavy atom. The predicted molar refractivity (Wildman–Crippen MR) is 106 cm³/mol. The molecule has 0 bridgehead atoms. The number of hydrogen-bond donors (Lipinski definition) is 2. The van der Waals surface area contributed by atoms with E-state index in [0.29, 0.717) is 16.7 Å². The van der Waals surface area contributed by atoms with Crippen LogP contribution < -0.4 is 10.6 Å². The number of amides is 2. The Bertz CT molecular complexity index is 965. The van der Waals surface area contributed by atoms with Crippen LogP contribution in [0, 0.1) is 0 Å². The Morgan fingerprint density at radius 2 is 1.71 bits per heavy atom. The number of rotatable bonds is 4. The van der Waals surface area contributed by atoms with Gasteiger partial charge in [0.1, 0.15) is 0 Å². The molecular formula is C20H18F3N3OS. The number of anilines is 2. The molecule has 0 radical (unpaired) electrons. The molecular weight excluding hydrogens is 387 g/mol. The second-order valence-corrected chi connectivity index (χ2v) is 7.30. The highest BCUT2D eigenvalue weighted by Crippen LogP contribution is 2.34. The largest absolute Gasteiger partial charge is 0.418 e. The highest BCUT2D eigenvalue weighted by molar-refractivity contribution is 7.14. The van der Waals surface area contributed by atoms with Crippen LogP contribution in [0.2, 0.25) is 0 Å². The van der Waals surface area contributed by atoms with Crippen LogP contribution in [0.1, 0.15) is 30.9 Å². The first-order valence-corrected chi connectivity index (χ1v) is 9.42. The number of nitrogens with zero attached hydrogens (tertiary/aromatic N) is 1. The van der Waals surface area contributed by atoms with Crippen molar-refractivity contribution in [2.75, 3.05) is 10.6 Å². The summed E-state index contributed by atoms with van der Waals surface area (Å²) in [4.78, 5) is 16.4. The van der Waals surface area contributed by atoms with Gasteiger partial charge in [-0.05, 0) is 23.6 Å². The molecule has 0 aliphatic carbocycles. The van der Waals surface area contributed by atoms with Gasteiger partial charge in [0, 0.05) is 10.9 Å². The van der Waals surface area contributed by atoms with Gasteiger partial charge in [-0.2, -0.15) is 13.2 Å². The first kappa shape index (κ1) is 19.9. The second-order valence-electron chi connectivity index (χ2n) is 6.44. The Morgan fingerprint density at radius 3 is 2.36 bits per heavy atom. The Balaban J connectivity index is 1.70. The molecule has 2 aromatic carbocycles. The van der Waals surface area contributed by atoms with Gasteiger partial charge in [0.25, 0.3) is 0 Å². The lowest BCUT2D eigenvalue weighted by atomic mass is 10.0. The number of halogens is 3. The number of alkyl halides is 3. The van der Waals surface area contributed by atoms with E-state index in [1.807, 2.05) is 24.3 Å². The van der Waals surface area contributed by atoms with Gasteiger partial charge < -0.3 is 5.32 Å². The SMILES string of the molecule is CC(C)c1ccc(-c2csc(NC(=O)Nc3ccccc3C(F)(F)F)n2)cc1. The van der Waals surface area contributed by atoms with Crippen molar-refractivity contribution in [2.24, 2.45) is 0 Å². The molecule has 4 nitrogen and oxygen atoms in total. The molecule has 2 amide bonds. The zero-order chi connectivity index (χ0) is 20.3. The molecule has 3 rings (SSSR count). The average molecular weight is 405 g/mol. The Labute approximate surface area is 164 Å². The predicted octanol–water partition coefficient (Wildman–Crippen LogP) is 6.60. The van der Waals surface area contributed by atoms with Gasteiger partial charge in [0.2, 0.25) is 0 Å². The molecule has 0 fully saturated rings. The maximum atomic E-state index is 13.0. The van der Waals surface area contributed by atoms with Crippen molar-refractivity contribution in [3.63, 3.8) is 0 Å². The molecule has 0 aliphatic heterocycles. The van der Waals surface area contributed by atoms with Crippen LogP contribution >= 0.6 is 11.3 Å². The third-order valence-electron chi connectivity index (χ3n) is 4.08. The van der Waals surface area contributed by atoms with Crippen molar-refractivity contribution < 1.29 is 18.0 Å². The summed E-state index contributed by atoms with van der Waals surface area (Å²) < 4.78 is 39.0. The van der Waals surface area contributed by atoms with Crippen molar-refractivity contribution in [3.05, 3.63) is 65.0 Å². The number of thiazole rings is 1. The molecule has 0 aliphatic rings. The van der Waals surface area contributed by atoms with Crippen LogP contribution in [0.3, 0.4) is 0 Å². The number of aromatic nitrogens is 1. The summed E-state index contributed by atoms with van der Waals surface area (Å²) in [6.45, 7) is 4.21. The molecule has 2 N–H and O–H groups in total. The molecule has 0 atom stereocenters. The molecule has 28 heavy (non-hydrogen) atoms. The minimum absolute atomic E-state index is 0.296. The molecule has 3 aromatic rings. The molecule has 0 unspecified atom stereocenters. The number of benzene rings is 2. The van der Waals surface area contributed by atoms with E-state index in [2.05, 4.69) is 29.5 Å². The zero-order valence-electron chi connectivity index (χ0n) is 15.2. The topological polar surface area (TPSA) is 54.0 Å². The van der Waals surface area contributed by atoms with Gasteiger partial charge in [0.15, 0.2) is 5.13 Å². The van der Waals surface area contributed by atoms with Gasteiger partial charge in [-0.15, -0.1) is 11.3 Å². The maximum Gasteiger partial charge on any atom is 0.418 e. The van der Waals surface area contributed by atoms with E-state index in [9.17, 15) is 18.0 Å². The van der Waals surface area contributed by atoms with Gasteiger partial charge >= 0.3 is 12.2 Å². The second kappa shape index (κ2) is 8.02. The van der Waals surface area contributed by atoms with Crippen LogP contribution in [0.25, 0.3) is 11.3 Å². The fraction of sp³-hybridized carbons (Fsp3) is 0.200.